The van der Waals surface area contributed by atoms with E-state index >= 15 is 4.39 Å². The third-order valence-corrected chi connectivity index (χ3v) is 8.47. The monoisotopic (exact) mass is 542 g/mol. The van der Waals surface area contributed by atoms with Gasteiger partial charge in [0, 0.05) is 28.3 Å². The van der Waals surface area contributed by atoms with Crippen molar-refractivity contribution in [2.75, 3.05) is 0 Å². The Morgan fingerprint density at radius 2 is 1.41 bits per heavy atom. The summed E-state index contributed by atoms with van der Waals surface area (Å²) in [6.45, 7) is 11.0. The number of aromatic nitrogens is 1. The van der Waals surface area contributed by atoms with Crippen LogP contribution < -0.4 is 4.57 Å². The van der Waals surface area contributed by atoms with Crippen molar-refractivity contribution in [3.8, 4) is 22.4 Å². The number of fused-ring (bicyclic) bond motifs is 3. The van der Waals surface area contributed by atoms with Crippen molar-refractivity contribution in [1.29, 1.82) is 0 Å². The van der Waals surface area contributed by atoms with Gasteiger partial charge in [-0.1, -0.05) is 94.4 Å². The zero-order chi connectivity index (χ0) is 28.9. The Kier molecular flexibility index (Phi) is 6.77. The van der Waals surface area contributed by atoms with Gasteiger partial charge in [0.2, 0.25) is 5.69 Å². The molecule has 6 aromatic rings. The highest BCUT2D eigenvalue weighted by Crippen LogP contribution is 2.42. The van der Waals surface area contributed by atoms with Crippen molar-refractivity contribution in [3.05, 3.63) is 125 Å². The Hall–Kier alpha value is -4.24. The normalized spacial score (nSPS) is 12.1. The number of benzene rings is 4. The average molecular weight is 543 g/mol. The molecule has 0 fully saturated rings. The maximum Gasteiger partial charge on any atom is 0.216 e. The van der Waals surface area contributed by atoms with E-state index in [4.69, 9.17) is 4.42 Å². The lowest BCUT2D eigenvalue weighted by atomic mass is 9.78. The first kappa shape index (κ1) is 27.0. The van der Waals surface area contributed by atoms with Gasteiger partial charge in [0.25, 0.3) is 0 Å². The smallest absolute Gasteiger partial charge is 0.216 e. The molecule has 0 bridgehead atoms. The van der Waals surface area contributed by atoms with Crippen molar-refractivity contribution in [2.24, 2.45) is 13.0 Å². The molecule has 0 amide bonds. The molecule has 0 radical (unpaired) electrons. The van der Waals surface area contributed by atoms with Crippen LogP contribution in [-0.4, -0.2) is 0 Å². The Balaban J connectivity index is 1.51. The third-order valence-electron chi connectivity index (χ3n) is 8.47. The summed E-state index contributed by atoms with van der Waals surface area (Å²) in [5, 5.41) is 1.92. The molecule has 0 aliphatic carbocycles. The number of pyridine rings is 1. The van der Waals surface area contributed by atoms with Crippen LogP contribution in [0.4, 0.5) is 4.39 Å². The highest BCUT2D eigenvalue weighted by atomic mass is 19.1. The number of nitrogens with zero attached hydrogens (tertiary/aromatic N) is 1. The molecule has 0 saturated heterocycles. The van der Waals surface area contributed by atoms with Crippen molar-refractivity contribution in [3.63, 3.8) is 0 Å². The summed E-state index contributed by atoms with van der Waals surface area (Å²) in [6, 6.07) is 30.9. The first-order valence-corrected chi connectivity index (χ1v) is 14.4. The van der Waals surface area contributed by atoms with Gasteiger partial charge >= 0.3 is 0 Å². The minimum Gasteiger partial charge on any atom is -0.454 e. The molecule has 0 saturated carbocycles. The lowest BCUT2D eigenvalue weighted by Gasteiger charge is -2.26. The lowest BCUT2D eigenvalue weighted by Crippen LogP contribution is -2.31. The predicted molar refractivity (Wildman–Crippen MR) is 168 cm³/mol. The van der Waals surface area contributed by atoms with Gasteiger partial charge in [-0.25, -0.2) is 8.96 Å². The van der Waals surface area contributed by atoms with Gasteiger partial charge in [-0.2, -0.15) is 0 Å². The molecular formula is C38H37FNO+. The highest BCUT2D eigenvalue weighted by molar-refractivity contribution is 6.13. The zero-order valence-corrected chi connectivity index (χ0v) is 24.8. The summed E-state index contributed by atoms with van der Waals surface area (Å²) < 4.78 is 24.4. The van der Waals surface area contributed by atoms with E-state index in [0.29, 0.717) is 17.1 Å². The first-order chi connectivity index (χ1) is 19.6. The van der Waals surface area contributed by atoms with E-state index in [1.165, 1.54) is 16.7 Å². The number of furan rings is 1. The summed E-state index contributed by atoms with van der Waals surface area (Å²) in [5.74, 6) is 0.281. The molecule has 0 aliphatic rings. The van der Waals surface area contributed by atoms with Gasteiger partial charge < -0.3 is 4.42 Å². The molecule has 2 nitrogen and oxygen atoms in total. The predicted octanol–water partition coefficient (Wildman–Crippen LogP) is 9.72. The number of rotatable bonds is 6. The largest absolute Gasteiger partial charge is 0.454 e. The fourth-order valence-electron chi connectivity index (χ4n) is 6.10. The minimum absolute atomic E-state index is 0.171. The van der Waals surface area contributed by atoms with Crippen LogP contribution in [0.15, 0.2) is 102 Å². The van der Waals surface area contributed by atoms with E-state index in [2.05, 4.69) is 113 Å². The molecule has 0 aliphatic heterocycles. The van der Waals surface area contributed by atoms with Crippen LogP contribution in [0.2, 0.25) is 0 Å². The second-order valence-electron chi connectivity index (χ2n) is 12.2. The van der Waals surface area contributed by atoms with Gasteiger partial charge in [0.05, 0.1) is 11.1 Å². The second kappa shape index (κ2) is 10.3. The molecule has 0 atom stereocenters. The van der Waals surface area contributed by atoms with E-state index in [0.717, 1.165) is 45.2 Å². The second-order valence-corrected chi connectivity index (χ2v) is 12.2. The van der Waals surface area contributed by atoms with Gasteiger partial charge in [0.15, 0.2) is 6.20 Å². The number of halogens is 1. The van der Waals surface area contributed by atoms with Gasteiger partial charge in [-0.05, 0) is 59.2 Å². The van der Waals surface area contributed by atoms with Crippen LogP contribution in [0.1, 0.15) is 49.9 Å². The van der Waals surface area contributed by atoms with Crippen molar-refractivity contribution >= 4 is 21.9 Å². The maximum absolute atomic E-state index is 15.6. The Morgan fingerprint density at radius 1 is 0.780 bits per heavy atom. The van der Waals surface area contributed by atoms with Gasteiger partial charge in [-0.3, -0.25) is 0 Å². The average Bonchev–Trinajstić information content (AvgIpc) is 3.33. The van der Waals surface area contributed by atoms with E-state index in [9.17, 15) is 0 Å². The topological polar surface area (TPSA) is 17.0 Å². The van der Waals surface area contributed by atoms with Gasteiger partial charge in [-0.15, -0.1) is 0 Å². The summed E-state index contributed by atoms with van der Waals surface area (Å²) in [6.07, 6.45) is 3.13. The van der Waals surface area contributed by atoms with Crippen LogP contribution >= 0.6 is 0 Å². The molecule has 0 N–H and O–H groups in total. The van der Waals surface area contributed by atoms with E-state index < -0.39 is 0 Å². The quantitative estimate of drug-likeness (QED) is 0.191. The van der Waals surface area contributed by atoms with Crippen LogP contribution in [0.3, 0.4) is 0 Å². The number of aryl methyl sites for hydroxylation is 2. The fourth-order valence-corrected chi connectivity index (χ4v) is 6.10. The number of hydrogen-bond donors (Lipinski definition) is 0. The Labute approximate surface area is 242 Å². The zero-order valence-electron chi connectivity index (χ0n) is 24.8. The molecule has 0 unspecified atom stereocenters. The van der Waals surface area contributed by atoms with E-state index in [-0.39, 0.29) is 11.2 Å². The molecule has 2 heterocycles. The molecule has 4 aromatic carbocycles. The standard InChI is InChI=1S/C38H37FNO/c1-24(2)22-26-20-21-40(6)33(23-26)34-25(3)12-17-30-31-18-19-32(39)35(37(31)41-36(30)34)27-13-15-29(16-14-27)38(4,5)28-10-8-7-9-11-28/h7-21,23-24H,22H2,1-6H3/q+1. The molecule has 206 valence electrons. The maximum atomic E-state index is 15.6. The molecule has 0 spiro atoms. The molecule has 3 heteroatoms. The van der Waals surface area contributed by atoms with Crippen molar-refractivity contribution in [2.45, 2.75) is 46.5 Å². The summed E-state index contributed by atoms with van der Waals surface area (Å²) in [5.41, 5.74) is 9.52. The summed E-state index contributed by atoms with van der Waals surface area (Å²) in [7, 11) is 2.07. The van der Waals surface area contributed by atoms with Gasteiger partial charge in [0.1, 0.15) is 24.0 Å². The molecular weight excluding hydrogens is 505 g/mol. The summed E-state index contributed by atoms with van der Waals surface area (Å²) in [4.78, 5) is 0. The van der Waals surface area contributed by atoms with E-state index in [1.54, 1.807) is 6.07 Å². The lowest BCUT2D eigenvalue weighted by molar-refractivity contribution is -0.660. The minimum atomic E-state index is -0.283. The molecule has 6 rings (SSSR count). The SMILES string of the molecule is Cc1ccc2c(oc3c(-c4ccc(C(C)(C)c5ccccc5)cc4)c(F)ccc32)c1-c1cc(CC(C)C)cc[n+]1C. The Bertz CT molecular complexity index is 1880. The third kappa shape index (κ3) is 4.74. The van der Waals surface area contributed by atoms with Crippen LogP contribution in [-0.2, 0) is 18.9 Å². The molecule has 2 aromatic heterocycles. The van der Waals surface area contributed by atoms with Crippen molar-refractivity contribution in [1.82, 2.24) is 0 Å². The fraction of sp³-hybridized carbons (Fsp3) is 0.237. The number of hydrogen-bond acceptors (Lipinski definition) is 1. The Morgan fingerprint density at radius 3 is 2.10 bits per heavy atom. The van der Waals surface area contributed by atoms with Crippen LogP contribution in [0.25, 0.3) is 44.3 Å². The molecule has 41 heavy (non-hydrogen) atoms. The van der Waals surface area contributed by atoms with Crippen molar-refractivity contribution < 1.29 is 13.4 Å². The highest BCUT2D eigenvalue weighted by Gasteiger charge is 2.25. The summed E-state index contributed by atoms with van der Waals surface area (Å²) >= 11 is 0. The van der Waals surface area contributed by atoms with Crippen LogP contribution in [0.5, 0.6) is 0 Å². The van der Waals surface area contributed by atoms with E-state index in [1.807, 2.05) is 24.3 Å². The van der Waals surface area contributed by atoms with Crippen LogP contribution in [0, 0.1) is 18.7 Å². The first-order valence-electron chi connectivity index (χ1n) is 14.4.